The summed E-state index contributed by atoms with van der Waals surface area (Å²) in [6, 6.07) is 13.1. The number of rotatable bonds is 7. The van der Waals surface area contributed by atoms with E-state index in [1.165, 1.54) is 7.11 Å². The van der Waals surface area contributed by atoms with Crippen molar-refractivity contribution < 1.29 is 38.4 Å². The summed E-state index contributed by atoms with van der Waals surface area (Å²) in [5, 5.41) is 11.6. The van der Waals surface area contributed by atoms with Crippen LogP contribution in [0.5, 0.6) is 11.5 Å². The molecule has 39 heavy (non-hydrogen) atoms. The molecule has 0 radical (unpaired) electrons. The number of hydrogen-bond acceptors (Lipinski definition) is 9. The number of carbonyl (C=O) groups excluding carboxylic acids is 2. The van der Waals surface area contributed by atoms with Gasteiger partial charge in [0.25, 0.3) is 0 Å². The van der Waals surface area contributed by atoms with Gasteiger partial charge >= 0.3 is 11.9 Å². The predicted molar refractivity (Wildman–Crippen MR) is 139 cm³/mol. The van der Waals surface area contributed by atoms with Crippen LogP contribution in [0.2, 0.25) is 0 Å². The number of esters is 2. The highest BCUT2D eigenvalue weighted by molar-refractivity contribution is 5.86. The molecule has 0 amide bonds. The van der Waals surface area contributed by atoms with E-state index in [0.29, 0.717) is 22.8 Å². The Hall–Kier alpha value is -3.56. The topological polar surface area (TPSA) is 104 Å². The second-order valence-corrected chi connectivity index (χ2v) is 10.7. The summed E-state index contributed by atoms with van der Waals surface area (Å²) in [7, 11) is 2.80. The molecule has 9 heteroatoms. The van der Waals surface area contributed by atoms with Gasteiger partial charge in [-0.15, -0.1) is 0 Å². The van der Waals surface area contributed by atoms with Crippen LogP contribution in [0.25, 0.3) is 0 Å². The van der Waals surface area contributed by atoms with E-state index in [1.807, 2.05) is 30.3 Å². The van der Waals surface area contributed by atoms with E-state index in [0.717, 1.165) is 43.5 Å². The molecular weight excluding hydrogens is 502 g/mol. The molecule has 0 bridgehead atoms. The highest BCUT2D eigenvalue weighted by atomic mass is 16.7. The van der Waals surface area contributed by atoms with Crippen LogP contribution in [0.15, 0.2) is 54.3 Å². The molecule has 9 nitrogen and oxygen atoms in total. The molecule has 4 aliphatic rings. The van der Waals surface area contributed by atoms with Crippen molar-refractivity contribution in [2.75, 3.05) is 34.1 Å². The average molecular weight is 536 g/mol. The van der Waals surface area contributed by atoms with Gasteiger partial charge < -0.3 is 28.8 Å². The fourth-order valence-corrected chi connectivity index (χ4v) is 6.77. The zero-order chi connectivity index (χ0) is 27.2. The zero-order valence-electron chi connectivity index (χ0n) is 22.2. The molecule has 3 aliphatic heterocycles. The van der Waals surface area contributed by atoms with Gasteiger partial charge in [-0.25, -0.2) is 4.79 Å². The van der Waals surface area contributed by atoms with Gasteiger partial charge in [-0.05, 0) is 60.7 Å². The van der Waals surface area contributed by atoms with Crippen molar-refractivity contribution in [2.45, 2.75) is 55.3 Å². The average Bonchev–Trinajstić information content (AvgIpc) is 3.62. The Bertz CT molecular complexity index is 1310. The molecule has 2 aromatic rings. The molecule has 1 N–H and O–H groups in total. The van der Waals surface area contributed by atoms with Crippen LogP contribution in [0.3, 0.4) is 0 Å². The van der Waals surface area contributed by atoms with E-state index in [2.05, 4.69) is 11.0 Å². The number of methoxy groups -OCH3 is 2. The molecule has 0 aromatic heterocycles. The fraction of sp³-hybridized carbons (Fsp3) is 0.467. The molecule has 4 atom stereocenters. The first-order valence-corrected chi connectivity index (χ1v) is 13.4. The Balaban J connectivity index is 1.39. The summed E-state index contributed by atoms with van der Waals surface area (Å²) in [6.07, 6.45) is 3.36. The first-order chi connectivity index (χ1) is 18.9. The lowest BCUT2D eigenvalue weighted by Crippen LogP contribution is -2.50. The van der Waals surface area contributed by atoms with Crippen molar-refractivity contribution in [3.8, 4) is 11.5 Å². The van der Waals surface area contributed by atoms with E-state index in [4.69, 9.17) is 23.7 Å². The third kappa shape index (κ3) is 4.33. The van der Waals surface area contributed by atoms with Gasteiger partial charge in [0.1, 0.15) is 5.76 Å². The minimum Gasteiger partial charge on any atom is -0.497 e. The Morgan fingerprint density at radius 1 is 1.13 bits per heavy atom. The summed E-state index contributed by atoms with van der Waals surface area (Å²) >= 11 is 0. The van der Waals surface area contributed by atoms with Gasteiger partial charge in [-0.1, -0.05) is 30.3 Å². The van der Waals surface area contributed by atoms with Crippen molar-refractivity contribution in [1.82, 2.24) is 4.90 Å². The van der Waals surface area contributed by atoms with Gasteiger partial charge in [-0.2, -0.15) is 0 Å². The van der Waals surface area contributed by atoms with Crippen molar-refractivity contribution in [3.63, 3.8) is 0 Å². The molecule has 1 spiro atoms. The molecular formula is C30H33NO8. The predicted octanol–water partition coefficient (Wildman–Crippen LogP) is 2.88. The number of carbonyl (C=O) groups is 2. The van der Waals surface area contributed by atoms with E-state index < -0.39 is 35.6 Å². The summed E-state index contributed by atoms with van der Waals surface area (Å²) in [4.78, 5) is 28.6. The lowest BCUT2D eigenvalue weighted by atomic mass is 9.77. The molecule has 1 fully saturated rings. The van der Waals surface area contributed by atoms with Gasteiger partial charge in [0.15, 0.2) is 23.2 Å². The smallest absolute Gasteiger partial charge is 0.339 e. The second kappa shape index (κ2) is 9.88. The van der Waals surface area contributed by atoms with Gasteiger partial charge in [-0.3, -0.25) is 9.69 Å². The van der Waals surface area contributed by atoms with Crippen LogP contribution < -0.4 is 9.47 Å². The van der Waals surface area contributed by atoms with Crippen molar-refractivity contribution in [1.29, 1.82) is 0 Å². The zero-order valence-corrected chi connectivity index (χ0v) is 22.2. The Morgan fingerprint density at radius 2 is 1.90 bits per heavy atom. The lowest BCUT2D eigenvalue weighted by molar-refractivity contribution is -0.177. The third-order valence-electron chi connectivity index (χ3n) is 8.58. The molecule has 2 aromatic carbocycles. The molecule has 206 valence electrons. The van der Waals surface area contributed by atoms with Gasteiger partial charge in [0.2, 0.25) is 6.79 Å². The number of ether oxygens (including phenoxy) is 5. The normalized spacial score (nSPS) is 26.4. The van der Waals surface area contributed by atoms with Crippen LogP contribution >= 0.6 is 0 Å². The molecule has 1 saturated heterocycles. The summed E-state index contributed by atoms with van der Waals surface area (Å²) < 4.78 is 28.2. The van der Waals surface area contributed by atoms with E-state index in [9.17, 15) is 14.7 Å². The Morgan fingerprint density at radius 3 is 2.64 bits per heavy atom. The van der Waals surface area contributed by atoms with Gasteiger partial charge in [0, 0.05) is 13.0 Å². The number of hydrogen-bond donors (Lipinski definition) is 1. The largest absolute Gasteiger partial charge is 0.497 e. The molecule has 1 aliphatic carbocycles. The maximum atomic E-state index is 13.9. The maximum absolute atomic E-state index is 13.9. The maximum Gasteiger partial charge on any atom is 0.339 e. The molecule has 6 rings (SSSR count). The van der Waals surface area contributed by atoms with E-state index in [1.54, 1.807) is 19.2 Å². The number of benzene rings is 2. The lowest BCUT2D eigenvalue weighted by Gasteiger charge is -2.39. The monoisotopic (exact) mass is 535 g/mol. The summed E-state index contributed by atoms with van der Waals surface area (Å²) in [6.45, 7) is 1.93. The van der Waals surface area contributed by atoms with Crippen LogP contribution in [-0.4, -0.2) is 73.3 Å². The van der Waals surface area contributed by atoms with Crippen LogP contribution in [0, 0.1) is 0 Å². The molecule has 0 saturated carbocycles. The summed E-state index contributed by atoms with van der Waals surface area (Å²) in [5.41, 5.74) is 0.291. The Labute approximate surface area is 227 Å². The SMILES string of the molecule is COC(=O)C[C@](O)(Cc1ccccc1)C(=O)O[C@@H]1C(OC)=C[C@]23CCCN2CCc2cc4c(cc2[C@H]13)OCO4. The van der Waals surface area contributed by atoms with Crippen molar-refractivity contribution in [2.24, 2.45) is 0 Å². The minimum absolute atomic E-state index is 0.0995. The first-order valence-electron chi connectivity index (χ1n) is 13.4. The minimum atomic E-state index is -2.12. The van der Waals surface area contributed by atoms with Crippen molar-refractivity contribution >= 4 is 11.9 Å². The first kappa shape index (κ1) is 25.7. The fourth-order valence-electron chi connectivity index (χ4n) is 6.77. The highest BCUT2D eigenvalue weighted by Crippen LogP contribution is 2.55. The van der Waals surface area contributed by atoms with Crippen LogP contribution in [-0.2, 0) is 36.6 Å². The molecule has 0 unspecified atom stereocenters. The second-order valence-electron chi connectivity index (χ2n) is 10.7. The number of nitrogens with zero attached hydrogens (tertiary/aromatic N) is 1. The van der Waals surface area contributed by atoms with E-state index in [-0.39, 0.29) is 19.1 Å². The summed E-state index contributed by atoms with van der Waals surface area (Å²) in [5.74, 6) is 0.0308. The number of fused-ring (bicyclic) bond motifs is 3. The molecule has 3 heterocycles. The van der Waals surface area contributed by atoms with Crippen LogP contribution in [0.1, 0.15) is 41.9 Å². The van der Waals surface area contributed by atoms with Crippen molar-refractivity contribution in [3.05, 3.63) is 71.0 Å². The Kier molecular flexibility index (Phi) is 6.51. The standard InChI is InChI=1S/C30H33NO8/c1-35-24-16-29-10-6-11-31(29)12-9-20-13-22-23(38-18-37-22)14-21(20)26(29)27(24)39-28(33)30(34,17-25(32)36-2)15-19-7-4-3-5-8-19/h3-5,7-8,13-14,16,26-27,34H,6,9-12,15,17-18H2,1-2H3/t26-,27-,29+,30-/m1/s1. The van der Waals surface area contributed by atoms with E-state index >= 15 is 0 Å². The third-order valence-corrected chi connectivity index (χ3v) is 8.58. The van der Waals surface area contributed by atoms with Crippen LogP contribution in [0.4, 0.5) is 0 Å². The van der Waals surface area contributed by atoms with Gasteiger partial charge in [0.05, 0.1) is 32.1 Å². The quantitative estimate of drug-likeness (QED) is 0.536. The number of aliphatic hydroxyl groups is 1. The highest BCUT2D eigenvalue weighted by Gasteiger charge is 2.59.